The van der Waals surface area contributed by atoms with Gasteiger partial charge >= 0.3 is 0 Å². The van der Waals surface area contributed by atoms with Crippen LogP contribution >= 0.6 is 11.3 Å². The lowest BCUT2D eigenvalue weighted by Gasteiger charge is -2.22. The van der Waals surface area contributed by atoms with Crippen LogP contribution < -0.4 is 9.46 Å². The molecule has 3 aromatic rings. The molecule has 0 aliphatic heterocycles. The van der Waals surface area contributed by atoms with Gasteiger partial charge in [-0.25, -0.2) is 8.42 Å². The molecule has 0 unspecified atom stereocenters. The smallest absolute Gasteiger partial charge is 0.262 e. The van der Waals surface area contributed by atoms with Crippen LogP contribution in [0.15, 0.2) is 70.9 Å². The Bertz CT molecular complexity index is 1120. The lowest BCUT2D eigenvalue weighted by atomic mass is 10.2. The molecule has 1 fully saturated rings. The molecular formula is C22H22N2O4S2. The summed E-state index contributed by atoms with van der Waals surface area (Å²) < 4.78 is 33.2. The van der Waals surface area contributed by atoms with Gasteiger partial charge in [-0.15, -0.1) is 11.3 Å². The van der Waals surface area contributed by atoms with Crippen molar-refractivity contribution in [1.82, 2.24) is 4.90 Å². The zero-order valence-electron chi connectivity index (χ0n) is 16.4. The topological polar surface area (TPSA) is 75.7 Å². The van der Waals surface area contributed by atoms with Crippen LogP contribution in [0.25, 0.3) is 0 Å². The Kier molecular flexibility index (Phi) is 5.78. The first kappa shape index (κ1) is 20.4. The summed E-state index contributed by atoms with van der Waals surface area (Å²) in [5, 5.41) is 2.00. The number of nitrogens with one attached hydrogen (secondary N) is 1. The van der Waals surface area contributed by atoms with Gasteiger partial charge in [0.2, 0.25) is 0 Å². The van der Waals surface area contributed by atoms with Crippen molar-refractivity contribution >= 4 is 33.0 Å². The summed E-state index contributed by atoms with van der Waals surface area (Å²) in [5.74, 6) is 0.356. The number of ether oxygens (including phenoxy) is 1. The van der Waals surface area contributed by atoms with Gasteiger partial charge in [0, 0.05) is 16.5 Å². The highest BCUT2D eigenvalue weighted by molar-refractivity contribution is 7.92. The lowest BCUT2D eigenvalue weighted by Crippen LogP contribution is -2.32. The summed E-state index contributed by atoms with van der Waals surface area (Å²) >= 11 is 1.63. The SMILES string of the molecule is COc1ccccc1NS(=O)(=O)c1ccc(C(=O)N(Cc2cccs2)C2CC2)cc1. The van der Waals surface area contributed by atoms with E-state index in [1.807, 2.05) is 22.4 Å². The number of sulfonamides is 1. The summed E-state index contributed by atoms with van der Waals surface area (Å²) in [5.41, 5.74) is 0.839. The van der Waals surface area contributed by atoms with E-state index in [9.17, 15) is 13.2 Å². The molecule has 8 heteroatoms. The van der Waals surface area contributed by atoms with Crippen LogP contribution in [-0.4, -0.2) is 32.4 Å². The maximum absolute atomic E-state index is 13.0. The standard InChI is InChI=1S/C22H22N2O4S2/c1-28-21-7-3-2-6-20(21)23-30(26,27)19-12-8-16(9-13-19)22(25)24(17-10-11-17)15-18-5-4-14-29-18/h2-9,12-14,17,23H,10-11,15H2,1H3. The van der Waals surface area contributed by atoms with Crippen molar-refractivity contribution in [3.05, 3.63) is 76.5 Å². The van der Waals surface area contributed by atoms with Gasteiger partial charge in [-0.05, 0) is 60.7 Å². The summed E-state index contributed by atoms with van der Waals surface area (Å²) in [6.45, 7) is 0.580. The molecule has 30 heavy (non-hydrogen) atoms. The van der Waals surface area contributed by atoms with Crippen LogP contribution in [0.5, 0.6) is 5.75 Å². The monoisotopic (exact) mass is 442 g/mol. The molecule has 1 heterocycles. The van der Waals surface area contributed by atoms with Crippen molar-refractivity contribution in [2.45, 2.75) is 30.3 Å². The number of amides is 1. The Morgan fingerprint density at radius 1 is 1.10 bits per heavy atom. The number of benzene rings is 2. The van der Waals surface area contributed by atoms with E-state index in [4.69, 9.17) is 4.74 Å². The molecular weight excluding hydrogens is 420 g/mol. The summed E-state index contributed by atoms with van der Waals surface area (Å²) in [6.07, 6.45) is 2.01. The molecule has 6 nitrogen and oxygen atoms in total. The first-order chi connectivity index (χ1) is 14.5. The third-order valence-electron chi connectivity index (χ3n) is 4.92. The van der Waals surface area contributed by atoms with Crippen LogP contribution in [0.1, 0.15) is 28.1 Å². The van der Waals surface area contributed by atoms with Crippen molar-refractivity contribution in [2.24, 2.45) is 0 Å². The van der Waals surface area contributed by atoms with E-state index in [1.165, 1.54) is 19.2 Å². The number of carbonyl (C=O) groups is 1. The molecule has 0 saturated heterocycles. The molecule has 1 N–H and O–H groups in total. The second-order valence-corrected chi connectivity index (χ2v) is 9.79. The molecule has 1 aromatic heterocycles. The second-order valence-electron chi connectivity index (χ2n) is 7.07. The third-order valence-corrected chi connectivity index (χ3v) is 7.16. The molecule has 156 valence electrons. The zero-order chi connectivity index (χ0) is 21.1. The van der Waals surface area contributed by atoms with Crippen molar-refractivity contribution in [3.63, 3.8) is 0 Å². The van der Waals surface area contributed by atoms with Crippen LogP contribution in [0.4, 0.5) is 5.69 Å². The molecule has 1 aliphatic rings. The number of carbonyl (C=O) groups excluding carboxylic acids is 1. The van der Waals surface area contributed by atoms with Crippen molar-refractivity contribution in [3.8, 4) is 5.75 Å². The highest BCUT2D eigenvalue weighted by atomic mass is 32.2. The van der Waals surface area contributed by atoms with E-state index >= 15 is 0 Å². The van der Waals surface area contributed by atoms with Crippen LogP contribution in [0, 0.1) is 0 Å². The van der Waals surface area contributed by atoms with E-state index in [-0.39, 0.29) is 16.8 Å². The minimum atomic E-state index is -3.81. The second kappa shape index (κ2) is 8.49. The number of methoxy groups -OCH3 is 1. The average Bonchev–Trinajstić information content (AvgIpc) is 3.47. The number of thiophene rings is 1. The van der Waals surface area contributed by atoms with Gasteiger partial charge in [0.05, 0.1) is 24.2 Å². The normalized spacial score (nSPS) is 13.6. The van der Waals surface area contributed by atoms with Gasteiger partial charge in [0.25, 0.3) is 15.9 Å². The van der Waals surface area contributed by atoms with Crippen molar-refractivity contribution in [2.75, 3.05) is 11.8 Å². The molecule has 4 rings (SSSR count). The number of hydrogen-bond donors (Lipinski definition) is 1. The van der Waals surface area contributed by atoms with Gasteiger partial charge in [-0.3, -0.25) is 9.52 Å². The Morgan fingerprint density at radius 2 is 1.83 bits per heavy atom. The van der Waals surface area contributed by atoms with E-state index < -0.39 is 10.0 Å². The predicted octanol–water partition coefficient (Wildman–Crippen LogP) is 4.36. The van der Waals surface area contributed by atoms with E-state index in [2.05, 4.69) is 4.72 Å². The van der Waals surface area contributed by atoms with E-state index in [0.29, 0.717) is 23.5 Å². The largest absolute Gasteiger partial charge is 0.495 e. The van der Waals surface area contributed by atoms with Gasteiger partial charge in [-0.2, -0.15) is 0 Å². The molecule has 0 atom stereocenters. The molecule has 2 aromatic carbocycles. The third kappa shape index (κ3) is 4.49. The van der Waals surface area contributed by atoms with E-state index in [1.54, 1.807) is 47.7 Å². The quantitative estimate of drug-likeness (QED) is 0.562. The van der Waals surface area contributed by atoms with Crippen LogP contribution in [0.3, 0.4) is 0 Å². The summed E-state index contributed by atoms with van der Waals surface area (Å²) in [6, 6.07) is 17.1. The Hall–Kier alpha value is -2.84. The Morgan fingerprint density at radius 3 is 2.47 bits per heavy atom. The minimum absolute atomic E-state index is 0.0764. The van der Waals surface area contributed by atoms with Gasteiger partial charge < -0.3 is 9.64 Å². The summed E-state index contributed by atoms with van der Waals surface area (Å²) in [4.78, 5) is 16.1. The molecule has 0 bridgehead atoms. The number of nitrogens with zero attached hydrogens (tertiary/aromatic N) is 1. The maximum atomic E-state index is 13.0. The molecule has 1 aliphatic carbocycles. The highest BCUT2D eigenvalue weighted by Crippen LogP contribution is 2.31. The van der Waals surface area contributed by atoms with Gasteiger partial charge in [-0.1, -0.05) is 18.2 Å². The summed E-state index contributed by atoms with van der Waals surface area (Å²) in [7, 11) is -2.33. The number of anilines is 1. The minimum Gasteiger partial charge on any atom is -0.495 e. The Balaban J connectivity index is 1.52. The van der Waals surface area contributed by atoms with E-state index in [0.717, 1.165) is 17.7 Å². The molecule has 0 radical (unpaired) electrons. The first-order valence-corrected chi connectivity index (χ1v) is 11.9. The fourth-order valence-corrected chi connectivity index (χ4v) is 4.97. The van der Waals surface area contributed by atoms with Crippen molar-refractivity contribution < 1.29 is 17.9 Å². The molecule has 1 amide bonds. The number of para-hydroxylation sites is 2. The fraction of sp³-hybridized carbons (Fsp3) is 0.227. The average molecular weight is 443 g/mol. The predicted molar refractivity (Wildman–Crippen MR) is 117 cm³/mol. The number of rotatable bonds is 8. The lowest BCUT2D eigenvalue weighted by molar-refractivity contribution is 0.0731. The highest BCUT2D eigenvalue weighted by Gasteiger charge is 2.33. The molecule has 1 saturated carbocycles. The zero-order valence-corrected chi connectivity index (χ0v) is 18.1. The van der Waals surface area contributed by atoms with Crippen LogP contribution in [0.2, 0.25) is 0 Å². The number of hydrogen-bond acceptors (Lipinski definition) is 5. The fourth-order valence-electron chi connectivity index (χ4n) is 3.20. The Labute approximate surface area is 180 Å². The van der Waals surface area contributed by atoms with Gasteiger partial charge in [0.15, 0.2) is 0 Å². The van der Waals surface area contributed by atoms with Crippen molar-refractivity contribution in [1.29, 1.82) is 0 Å². The first-order valence-electron chi connectivity index (χ1n) is 9.57. The van der Waals surface area contributed by atoms with Crippen LogP contribution in [-0.2, 0) is 16.6 Å². The molecule has 0 spiro atoms. The maximum Gasteiger partial charge on any atom is 0.262 e. The van der Waals surface area contributed by atoms with Gasteiger partial charge in [0.1, 0.15) is 5.75 Å².